The summed E-state index contributed by atoms with van der Waals surface area (Å²) >= 11 is 0. The Morgan fingerprint density at radius 3 is 2.24 bits per heavy atom. The van der Waals surface area contributed by atoms with Gasteiger partial charge in [-0.25, -0.2) is 8.42 Å². The molecule has 1 aromatic rings. The van der Waals surface area contributed by atoms with Gasteiger partial charge in [0.05, 0.1) is 4.90 Å². The zero-order valence-corrected chi connectivity index (χ0v) is 11.4. The average Bonchev–Trinajstić information content (AvgIpc) is 2.67. The van der Waals surface area contributed by atoms with Gasteiger partial charge in [0.25, 0.3) is 0 Å². The van der Waals surface area contributed by atoms with Crippen molar-refractivity contribution in [3.8, 4) is 0 Å². The Balaban J connectivity index is 2.53. The average molecular weight is 253 g/mol. The fraction of sp³-hybridized carbons (Fsp3) is 0.538. The maximum atomic E-state index is 12.5. The smallest absolute Gasteiger partial charge is 0.194 e. The van der Waals surface area contributed by atoms with Crippen LogP contribution in [0.2, 0.25) is 0 Å². The highest BCUT2D eigenvalue weighted by atomic mass is 32.2. The summed E-state index contributed by atoms with van der Waals surface area (Å²) in [6.45, 7) is 6.54. The summed E-state index contributed by atoms with van der Waals surface area (Å²) in [5.41, 5.74) is 2.82. The van der Waals surface area contributed by atoms with Crippen molar-refractivity contribution in [1.82, 2.24) is 5.32 Å². The Morgan fingerprint density at radius 2 is 1.76 bits per heavy atom. The first kappa shape index (κ1) is 12.6. The maximum absolute atomic E-state index is 12.5. The molecule has 94 valence electrons. The Hall–Kier alpha value is -0.870. The van der Waals surface area contributed by atoms with Crippen LogP contribution >= 0.6 is 0 Å². The minimum absolute atomic E-state index is 0.400. The summed E-state index contributed by atoms with van der Waals surface area (Å²) < 4.78 is 25.0. The minimum Gasteiger partial charge on any atom is -0.301 e. The summed E-state index contributed by atoms with van der Waals surface area (Å²) in [5, 5.41) is 2.68. The van der Waals surface area contributed by atoms with E-state index in [9.17, 15) is 8.42 Å². The van der Waals surface area contributed by atoms with Gasteiger partial charge in [0.15, 0.2) is 9.84 Å². The van der Waals surface area contributed by atoms with Crippen LogP contribution in [0.15, 0.2) is 17.0 Å². The van der Waals surface area contributed by atoms with E-state index in [0.717, 1.165) is 36.1 Å². The van der Waals surface area contributed by atoms with E-state index in [-0.39, 0.29) is 0 Å². The zero-order valence-electron chi connectivity index (χ0n) is 10.6. The molecule has 0 aromatic heterocycles. The first-order valence-corrected chi connectivity index (χ1v) is 7.52. The van der Waals surface area contributed by atoms with Crippen LogP contribution in [0.1, 0.15) is 29.5 Å². The number of hydrogen-bond acceptors (Lipinski definition) is 3. The molecule has 1 heterocycles. The second-order valence-electron chi connectivity index (χ2n) is 4.86. The normalized spacial score (nSPS) is 20.8. The van der Waals surface area contributed by atoms with Gasteiger partial charge in [-0.3, -0.25) is 0 Å². The van der Waals surface area contributed by atoms with Crippen molar-refractivity contribution in [2.75, 3.05) is 6.54 Å². The van der Waals surface area contributed by atoms with Crippen LogP contribution in [-0.4, -0.2) is 20.3 Å². The lowest BCUT2D eigenvalue weighted by atomic mass is 10.1. The van der Waals surface area contributed by atoms with E-state index in [1.165, 1.54) is 0 Å². The van der Waals surface area contributed by atoms with E-state index in [1.54, 1.807) is 0 Å². The SMILES string of the molecule is Cc1cc(C)c(S(=O)(=O)C2CCCN2)c(C)c1. The van der Waals surface area contributed by atoms with Gasteiger partial charge in [-0.15, -0.1) is 0 Å². The Labute approximate surface area is 103 Å². The minimum atomic E-state index is -3.23. The zero-order chi connectivity index (χ0) is 12.6. The molecule has 0 spiro atoms. The van der Waals surface area contributed by atoms with Crippen LogP contribution in [0.25, 0.3) is 0 Å². The lowest BCUT2D eigenvalue weighted by molar-refractivity contribution is 0.570. The van der Waals surface area contributed by atoms with E-state index >= 15 is 0 Å². The molecule has 1 saturated heterocycles. The molecule has 1 aromatic carbocycles. The fourth-order valence-corrected chi connectivity index (χ4v) is 4.79. The molecule has 1 aliphatic heterocycles. The standard InChI is InChI=1S/C13H19NO2S/c1-9-7-10(2)13(11(3)8-9)17(15,16)12-5-4-6-14-12/h7-8,12,14H,4-6H2,1-3H3. The van der Waals surface area contributed by atoms with Crippen molar-refractivity contribution < 1.29 is 8.42 Å². The lowest BCUT2D eigenvalue weighted by Crippen LogP contribution is -2.31. The van der Waals surface area contributed by atoms with Gasteiger partial charge in [-0.2, -0.15) is 0 Å². The fourth-order valence-electron chi connectivity index (χ4n) is 2.68. The molecule has 0 saturated carbocycles. The third-order valence-electron chi connectivity index (χ3n) is 3.28. The van der Waals surface area contributed by atoms with E-state index in [4.69, 9.17) is 0 Å². The van der Waals surface area contributed by atoms with Crippen molar-refractivity contribution in [1.29, 1.82) is 0 Å². The van der Waals surface area contributed by atoms with Crippen molar-refractivity contribution in [3.63, 3.8) is 0 Å². The predicted molar refractivity (Wildman–Crippen MR) is 68.9 cm³/mol. The molecule has 17 heavy (non-hydrogen) atoms. The van der Waals surface area contributed by atoms with Crippen LogP contribution in [0, 0.1) is 20.8 Å². The second-order valence-corrected chi connectivity index (χ2v) is 6.93. The Kier molecular flexibility index (Phi) is 3.27. The number of sulfone groups is 1. The molecule has 1 unspecified atom stereocenters. The molecule has 0 radical (unpaired) electrons. The van der Waals surface area contributed by atoms with Crippen LogP contribution in [0.3, 0.4) is 0 Å². The molecule has 0 bridgehead atoms. The molecule has 1 fully saturated rings. The topological polar surface area (TPSA) is 46.2 Å². The van der Waals surface area contributed by atoms with E-state index in [0.29, 0.717) is 4.90 Å². The van der Waals surface area contributed by atoms with Gasteiger partial charge in [0.1, 0.15) is 5.37 Å². The highest BCUT2D eigenvalue weighted by Crippen LogP contribution is 2.27. The van der Waals surface area contributed by atoms with E-state index in [2.05, 4.69) is 5.32 Å². The van der Waals surface area contributed by atoms with E-state index in [1.807, 2.05) is 32.9 Å². The molecule has 3 nitrogen and oxygen atoms in total. The first-order valence-electron chi connectivity index (χ1n) is 5.98. The molecular formula is C13H19NO2S. The quantitative estimate of drug-likeness (QED) is 0.878. The van der Waals surface area contributed by atoms with Crippen molar-refractivity contribution in [2.45, 2.75) is 43.9 Å². The van der Waals surface area contributed by atoms with Crippen LogP contribution in [0.5, 0.6) is 0 Å². The molecule has 0 amide bonds. The van der Waals surface area contributed by atoms with Gasteiger partial charge in [0, 0.05) is 0 Å². The summed E-state index contributed by atoms with van der Waals surface area (Å²) in [5.74, 6) is 0. The second kappa shape index (κ2) is 4.42. The molecule has 4 heteroatoms. The Morgan fingerprint density at radius 1 is 1.18 bits per heavy atom. The monoisotopic (exact) mass is 253 g/mol. The summed E-state index contributed by atoms with van der Waals surface area (Å²) in [6, 6.07) is 3.88. The number of hydrogen-bond donors (Lipinski definition) is 1. The summed E-state index contributed by atoms with van der Waals surface area (Å²) in [7, 11) is -3.23. The van der Waals surface area contributed by atoms with Gasteiger partial charge in [-0.1, -0.05) is 17.7 Å². The highest BCUT2D eigenvalue weighted by molar-refractivity contribution is 7.92. The first-order chi connectivity index (χ1) is 7.93. The van der Waals surface area contributed by atoms with E-state index < -0.39 is 15.2 Å². The Bertz CT molecular complexity index is 505. The summed E-state index contributed by atoms with van der Waals surface area (Å²) in [6.07, 6.45) is 1.66. The molecular weight excluding hydrogens is 234 g/mol. The van der Waals surface area contributed by atoms with Gasteiger partial charge >= 0.3 is 0 Å². The molecule has 1 N–H and O–H groups in total. The highest BCUT2D eigenvalue weighted by Gasteiger charge is 2.32. The van der Waals surface area contributed by atoms with Crippen molar-refractivity contribution in [3.05, 3.63) is 28.8 Å². The van der Waals surface area contributed by atoms with Gasteiger partial charge in [-0.05, 0) is 51.3 Å². The molecule has 1 atom stereocenters. The van der Waals surface area contributed by atoms with Gasteiger partial charge < -0.3 is 5.32 Å². The number of nitrogens with one attached hydrogen (secondary N) is 1. The molecule has 1 aliphatic rings. The number of benzene rings is 1. The third kappa shape index (κ3) is 2.24. The lowest BCUT2D eigenvalue weighted by Gasteiger charge is -2.16. The van der Waals surface area contributed by atoms with Crippen molar-refractivity contribution in [2.24, 2.45) is 0 Å². The third-order valence-corrected chi connectivity index (χ3v) is 5.64. The molecule has 2 rings (SSSR count). The van der Waals surface area contributed by atoms with Crippen LogP contribution < -0.4 is 5.32 Å². The number of aryl methyl sites for hydroxylation is 3. The summed E-state index contributed by atoms with van der Waals surface area (Å²) in [4.78, 5) is 0.516. The largest absolute Gasteiger partial charge is 0.301 e. The predicted octanol–water partition coefficient (Wildman–Crippen LogP) is 2.10. The van der Waals surface area contributed by atoms with Crippen molar-refractivity contribution >= 4 is 9.84 Å². The maximum Gasteiger partial charge on any atom is 0.194 e. The molecule has 0 aliphatic carbocycles. The van der Waals surface area contributed by atoms with Crippen LogP contribution in [0.4, 0.5) is 0 Å². The van der Waals surface area contributed by atoms with Crippen LogP contribution in [-0.2, 0) is 9.84 Å². The van der Waals surface area contributed by atoms with Gasteiger partial charge in [0.2, 0.25) is 0 Å². The number of rotatable bonds is 2.